The van der Waals surface area contributed by atoms with Gasteiger partial charge in [0.1, 0.15) is 6.04 Å². The topological polar surface area (TPSA) is 93.2 Å². The van der Waals surface area contributed by atoms with E-state index in [1.54, 1.807) is 24.0 Å². The van der Waals surface area contributed by atoms with Gasteiger partial charge in [-0.25, -0.2) is 8.42 Å². The number of carbonyl (C=O) groups excluding carboxylic acids is 2. The maximum absolute atomic E-state index is 13.8. The molecule has 0 bridgehead atoms. The summed E-state index contributed by atoms with van der Waals surface area (Å²) in [4.78, 5) is 27.8. The van der Waals surface area contributed by atoms with Crippen LogP contribution >= 0.6 is 0 Å². The molecular formula is C25H30N2O6S. The standard InChI is InChI=1S/C25H30N2O6S/c1-17-8-9-18(2)23(14-17)34(30,31)27-16-21-7-5-4-6-20(21)15-22(27)25(29)33-19(3)24(28)26-10-12-32-13-11-26/h4-9,14,19,22H,10-13,15-16H2,1-3H3/t19-,22-/m0/s1. The number of hydrogen-bond acceptors (Lipinski definition) is 6. The van der Waals surface area contributed by atoms with Crippen LogP contribution in [-0.2, 0) is 42.1 Å². The molecule has 2 aromatic rings. The SMILES string of the molecule is Cc1ccc(C)c(S(=O)(=O)N2Cc3ccccc3C[C@H]2C(=O)O[C@@H](C)C(=O)N2CCOCC2)c1. The van der Waals surface area contributed by atoms with Crippen molar-refractivity contribution in [3.63, 3.8) is 0 Å². The summed E-state index contributed by atoms with van der Waals surface area (Å²) in [6.07, 6.45) is -0.842. The molecule has 1 fully saturated rings. The number of esters is 1. The van der Waals surface area contributed by atoms with E-state index in [9.17, 15) is 18.0 Å². The van der Waals surface area contributed by atoms with Crippen LogP contribution < -0.4 is 0 Å². The van der Waals surface area contributed by atoms with E-state index in [0.29, 0.717) is 31.9 Å². The van der Waals surface area contributed by atoms with E-state index in [-0.39, 0.29) is 23.8 Å². The monoisotopic (exact) mass is 486 g/mol. The molecule has 9 heteroatoms. The van der Waals surface area contributed by atoms with E-state index < -0.39 is 28.1 Å². The van der Waals surface area contributed by atoms with Crippen LogP contribution in [0.4, 0.5) is 0 Å². The number of benzene rings is 2. The van der Waals surface area contributed by atoms with E-state index in [4.69, 9.17) is 9.47 Å². The number of sulfonamides is 1. The molecule has 2 aromatic carbocycles. The average molecular weight is 487 g/mol. The highest BCUT2D eigenvalue weighted by Gasteiger charge is 2.42. The highest BCUT2D eigenvalue weighted by atomic mass is 32.2. The molecule has 0 aliphatic carbocycles. The van der Waals surface area contributed by atoms with Crippen molar-refractivity contribution in [2.75, 3.05) is 26.3 Å². The number of ether oxygens (including phenoxy) is 2. The van der Waals surface area contributed by atoms with Crippen molar-refractivity contribution in [3.8, 4) is 0 Å². The fraction of sp³-hybridized carbons (Fsp3) is 0.440. The van der Waals surface area contributed by atoms with Gasteiger partial charge in [0.2, 0.25) is 10.0 Å². The Bertz CT molecular complexity index is 1190. The van der Waals surface area contributed by atoms with Crippen LogP contribution in [0.3, 0.4) is 0 Å². The Morgan fingerprint density at radius 3 is 2.44 bits per heavy atom. The van der Waals surface area contributed by atoms with Gasteiger partial charge in [-0.3, -0.25) is 9.59 Å². The van der Waals surface area contributed by atoms with Crippen molar-refractivity contribution in [1.29, 1.82) is 0 Å². The molecule has 2 aliphatic rings. The molecule has 0 saturated carbocycles. The Balaban J connectivity index is 1.63. The predicted octanol–water partition coefficient (Wildman–Crippen LogP) is 2.21. The Morgan fingerprint density at radius 2 is 1.74 bits per heavy atom. The van der Waals surface area contributed by atoms with Gasteiger partial charge in [0, 0.05) is 26.1 Å². The zero-order chi connectivity index (χ0) is 24.5. The van der Waals surface area contributed by atoms with Gasteiger partial charge in [-0.05, 0) is 49.1 Å². The second-order valence-electron chi connectivity index (χ2n) is 8.82. The van der Waals surface area contributed by atoms with Crippen molar-refractivity contribution in [2.24, 2.45) is 0 Å². The molecule has 8 nitrogen and oxygen atoms in total. The molecule has 2 heterocycles. The lowest BCUT2D eigenvalue weighted by Crippen LogP contribution is -2.51. The Morgan fingerprint density at radius 1 is 1.06 bits per heavy atom. The quantitative estimate of drug-likeness (QED) is 0.602. The summed E-state index contributed by atoms with van der Waals surface area (Å²) in [7, 11) is -4.01. The van der Waals surface area contributed by atoms with E-state index in [1.807, 2.05) is 37.3 Å². The fourth-order valence-electron chi connectivity index (χ4n) is 4.41. The molecule has 182 valence electrons. The van der Waals surface area contributed by atoms with Crippen LogP contribution in [0.25, 0.3) is 0 Å². The van der Waals surface area contributed by atoms with E-state index in [2.05, 4.69) is 0 Å². The van der Waals surface area contributed by atoms with Gasteiger partial charge in [0.25, 0.3) is 5.91 Å². The van der Waals surface area contributed by atoms with Crippen LogP contribution in [0.2, 0.25) is 0 Å². The minimum absolute atomic E-state index is 0.0530. The summed E-state index contributed by atoms with van der Waals surface area (Å²) in [5, 5.41) is 0. The first-order chi connectivity index (χ1) is 16.2. The smallest absolute Gasteiger partial charge is 0.325 e. The van der Waals surface area contributed by atoms with Gasteiger partial charge in [0.15, 0.2) is 6.10 Å². The minimum Gasteiger partial charge on any atom is -0.451 e. The first-order valence-corrected chi connectivity index (χ1v) is 12.9. The number of nitrogens with zero attached hydrogens (tertiary/aromatic N) is 2. The number of morpholine rings is 1. The molecule has 0 unspecified atom stereocenters. The zero-order valence-electron chi connectivity index (χ0n) is 19.7. The maximum Gasteiger partial charge on any atom is 0.325 e. The number of aryl methyl sites for hydroxylation is 2. The molecule has 0 radical (unpaired) electrons. The minimum atomic E-state index is -4.01. The highest BCUT2D eigenvalue weighted by molar-refractivity contribution is 7.89. The average Bonchev–Trinajstić information content (AvgIpc) is 2.84. The Labute approximate surface area is 200 Å². The largest absolute Gasteiger partial charge is 0.451 e. The number of amides is 1. The van der Waals surface area contributed by atoms with E-state index in [1.165, 1.54) is 11.2 Å². The molecule has 1 amide bonds. The summed E-state index contributed by atoms with van der Waals surface area (Å²) in [6.45, 7) is 6.89. The summed E-state index contributed by atoms with van der Waals surface area (Å²) in [6, 6.07) is 11.6. The lowest BCUT2D eigenvalue weighted by Gasteiger charge is -2.35. The number of rotatable bonds is 5. The van der Waals surface area contributed by atoms with E-state index >= 15 is 0 Å². The van der Waals surface area contributed by atoms with Gasteiger partial charge in [0.05, 0.1) is 18.1 Å². The molecule has 2 aliphatic heterocycles. The van der Waals surface area contributed by atoms with Crippen LogP contribution in [0.15, 0.2) is 47.4 Å². The van der Waals surface area contributed by atoms with Crippen molar-refractivity contribution in [3.05, 3.63) is 64.7 Å². The van der Waals surface area contributed by atoms with Gasteiger partial charge in [-0.2, -0.15) is 4.31 Å². The summed E-state index contributed by atoms with van der Waals surface area (Å²) in [5.74, 6) is -1.03. The lowest BCUT2D eigenvalue weighted by atomic mass is 9.96. The van der Waals surface area contributed by atoms with Crippen molar-refractivity contribution in [1.82, 2.24) is 9.21 Å². The molecule has 4 rings (SSSR count). The zero-order valence-corrected chi connectivity index (χ0v) is 20.5. The number of carbonyl (C=O) groups is 2. The third kappa shape index (κ3) is 4.87. The van der Waals surface area contributed by atoms with Crippen LogP contribution in [0.1, 0.15) is 29.2 Å². The predicted molar refractivity (Wildman–Crippen MR) is 126 cm³/mol. The third-order valence-electron chi connectivity index (χ3n) is 6.37. The van der Waals surface area contributed by atoms with Crippen LogP contribution in [0, 0.1) is 13.8 Å². The van der Waals surface area contributed by atoms with Crippen LogP contribution in [0.5, 0.6) is 0 Å². The second-order valence-corrected chi connectivity index (χ2v) is 10.7. The number of hydrogen-bond donors (Lipinski definition) is 0. The molecule has 34 heavy (non-hydrogen) atoms. The number of fused-ring (bicyclic) bond motifs is 1. The maximum atomic E-state index is 13.8. The molecule has 0 N–H and O–H groups in total. The molecule has 0 spiro atoms. The second kappa shape index (κ2) is 9.85. The Kier molecular flexibility index (Phi) is 7.06. The molecule has 2 atom stereocenters. The van der Waals surface area contributed by atoms with Crippen LogP contribution in [-0.4, -0.2) is 67.9 Å². The van der Waals surface area contributed by atoms with E-state index in [0.717, 1.165) is 16.7 Å². The first kappa shape index (κ1) is 24.4. The van der Waals surface area contributed by atoms with Crippen molar-refractivity contribution in [2.45, 2.75) is 50.8 Å². The van der Waals surface area contributed by atoms with Gasteiger partial charge in [-0.15, -0.1) is 0 Å². The normalized spacial score (nSPS) is 19.9. The summed E-state index contributed by atoms with van der Waals surface area (Å²) >= 11 is 0. The Hall–Kier alpha value is -2.75. The molecule has 0 aromatic heterocycles. The molecular weight excluding hydrogens is 456 g/mol. The lowest BCUT2D eigenvalue weighted by molar-refractivity contribution is -0.164. The van der Waals surface area contributed by atoms with Gasteiger partial charge < -0.3 is 14.4 Å². The summed E-state index contributed by atoms with van der Waals surface area (Å²) < 4.78 is 39.6. The fourth-order valence-corrected chi connectivity index (χ4v) is 6.28. The van der Waals surface area contributed by atoms with Crippen molar-refractivity contribution < 1.29 is 27.5 Å². The third-order valence-corrected chi connectivity index (χ3v) is 8.37. The summed E-state index contributed by atoms with van der Waals surface area (Å²) in [5.41, 5.74) is 3.15. The molecule has 1 saturated heterocycles. The highest BCUT2D eigenvalue weighted by Crippen LogP contribution is 2.31. The van der Waals surface area contributed by atoms with Crippen molar-refractivity contribution >= 4 is 21.9 Å². The van der Waals surface area contributed by atoms with Gasteiger partial charge in [-0.1, -0.05) is 36.4 Å². The van der Waals surface area contributed by atoms with Gasteiger partial charge >= 0.3 is 5.97 Å². The first-order valence-electron chi connectivity index (χ1n) is 11.4.